The van der Waals surface area contributed by atoms with E-state index in [0.717, 1.165) is 17.1 Å². The molecule has 0 aliphatic carbocycles. The maximum absolute atomic E-state index is 9.22. The Hall–Kier alpha value is -2.47. The fourth-order valence-corrected chi connectivity index (χ4v) is 1.96. The number of methoxy groups -OCH3 is 1. The van der Waals surface area contributed by atoms with Gasteiger partial charge in [0.25, 0.3) is 0 Å². The van der Waals surface area contributed by atoms with Gasteiger partial charge in [-0.3, -0.25) is 0 Å². The molecule has 0 bridgehead atoms. The molecule has 1 atom stereocenters. The van der Waals surface area contributed by atoms with Gasteiger partial charge in [0.2, 0.25) is 0 Å². The topological polar surface area (TPSA) is 42.2 Å². The number of rotatable bonds is 6. The first-order valence-electron chi connectivity index (χ1n) is 6.55. The number of nitriles is 1. The van der Waals surface area contributed by atoms with Crippen LogP contribution in [-0.2, 0) is 0 Å². The Bertz CT molecular complexity index is 558. The molecular weight excluding hydrogens is 250 g/mol. The zero-order chi connectivity index (χ0) is 14.2. The molecule has 0 saturated carbocycles. The Morgan fingerprint density at radius 2 is 1.65 bits per heavy atom. The van der Waals surface area contributed by atoms with Crippen molar-refractivity contribution in [2.75, 3.05) is 13.7 Å². The summed E-state index contributed by atoms with van der Waals surface area (Å²) in [5.74, 6) is 1.46. The summed E-state index contributed by atoms with van der Waals surface area (Å²) in [6.07, 6.45) is 0.673. The van der Waals surface area contributed by atoms with Gasteiger partial charge >= 0.3 is 0 Å². The fourth-order valence-electron chi connectivity index (χ4n) is 1.96. The smallest absolute Gasteiger partial charge is 0.119 e. The van der Waals surface area contributed by atoms with Gasteiger partial charge in [-0.2, -0.15) is 5.26 Å². The van der Waals surface area contributed by atoms with E-state index in [1.54, 1.807) is 7.11 Å². The molecule has 0 N–H and O–H groups in total. The van der Waals surface area contributed by atoms with Crippen LogP contribution in [0.3, 0.4) is 0 Å². The van der Waals surface area contributed by atoms with Gasteiger partial charge in [0, 0.05) is 6.42 Å². The van der Waals surface area contributed by atoms with Crippen LogP contribution >= 0.6 is 0 Å². The predicted molar refractivity (Wildman–Crippen MR) is 77.9 cm³/mol. The molecule has 2 aromatic carbocycles. The third kappa shape index (κ3) is 3.76. The first-order chi connectivity index (χ1) is 9.83. The summed E-state index contributed by atoms with van der Waals surface area (Å²) in [7, 11) is 1.63. The SMILES string of the molecule is COc1ccc(OCCC(C#N)c2ccccc2)cc1. The number of hydrogen-bond donors (Lipinski definition) is 0. The second-order valence-corrected chi connectivity index (χ2v) is 4.41. The van der Waals surface area contributed by atoms with E-state index in [1.807, 2.05) is 54.6 Å². The molecule has 2 aromatic rings. The molecule has 0 radical (unpaired) electrons. The van der Waals surface area contributed by atoms with Crippen molar-refractivity contribution in [1.82, 2.24) is 0 Å². The zero-order valence-electron chi connectivity index (χ0n) is 11.5. The van der Waals surface area contributed by atoms with Gasteiger partial charge in [-0.05, 0) is 29.8 Å². The number of ether oxygens (including phenoxy) is 2. The monoisotopic (exact) mass is 267 g/mol. The maximum atomic E-state index is 9.22. The molecule has 3 heteroatoms. The van der Waals surface area contributed by atoms with E-state index in [4.69, 9.17) is 9.47 Å². The molecule has 20 heavy (non-hydrogen) atoms. The van der Waals surface area contributed by atoms with Crippen molar-refractivity contribution in [3.63, 3.8) is 0 Å². The predicted octanol–water partition coefficient (Wildman–Crippen LogP) is 3.77. The van der Waals surface area contributed by atoms with Gasteiger partial charge in [-0.15, -0.1) is 0 Å². The minimum Gasteiger partial charge on any atom is -0.497 e. The quantitative estimate of drug-likeness (QED) is 0.800. The van der Waals surface area contributed by atoms with Gasteiger partial charge in [0.05, 0.1) is 25.7 Å². The lowest BCUT2D eigenvalue weighted by Gasteiger charge is -2.11. The Morgan fingerprint density at radius 1 is 1.00 bits per heavy atom. The van der Waals surface area contributed by atoms with Crippen LogP contribution in [-0.4, -0.2) is 13.7 Å². The molecule has 0 saturated heterocycles. The number of nitrogens with zero attached hydrogens (tertiary/aromatic N) is 1. The van der Waals surface area contributed by atoms with Crippen molar-refractivity contribution in [3.05, 3.63) is 60.2 Å². The largest absolute Gasteiger partial charge is 0.497 e. The van der Waals surface area contributed by atoms with Crippen LogP contribution < -0.4 is 9.47 Å². The molecule has 0 spiro atoms. The van der Waals surface area contributed by atoms with Crippen LogP contribution in [0, 0.1) is 11.3 Å². The summed E-state index contributed by atoms with van der Waals surface area (Å²) >= 11 is 0. The number of benzene rings is 2. The Labute approximate surface area is 119 Å². The average Bonchev–Trinajstić information content (AvgIpc) is 2.53. The maximum Gasteiger partial charge on any atom is 0.119 e. The second kappa shape index (κ2) is 7.20. The molecule has 3 nitrogen and oxygen atoms in total. The molecule has 1 unspecified atom stereocenters. The highest BCUT2D eigenvalue weighted by molar-refractivity contribution is 5.31. The second-order valence-electron chi connectivity index (χ2n) is 4.41. The minimum absolute atomic E-state index is 0.130. The van der Waals surface area contributed by atoms with E-state index >= 15 is 0 Å². The Morgan fingerprint density at radius 3 is 2.25 bits per heavy atom. The van der Waals surface area contributed by atoms with E-state index in [9.17, 15) is 5.26 Å². The van der Waals surface area contributed by atoms with Crippen molar-refractivity contribution in [3.8, 4) is 17.6 Å². The van der Waals surface area contributed by atoms with E-state index in [-0.39, 0.29) is 5.92 Å². The van der Waals surface area contributed by atoms with Gasteiger partial charge in [0.15, 0.2) is 0 Å². The van der Waals surface area contributed by atoms with E-state index < -0.39 is 0 Å². The lowest BCUT2D eigenvalue weighted by atomic mass is 9.98. The molecule has 0 aromatic heterocycles. The normalized spacial score (nSPS) is 11.4. The molecule has 0 fully saturated rings. The van der Waals surface area contributed by atoms with Crippen molar-refractivity contribution in [2.45, 2.75) is 12.3 Å². The standard InChI is InChI=1S/C17H17NO2/c1-19-16-7-9-17(10-8-16)20-12-11-15(13-18)14-5-3-2-4-6-14/h2-10,15H,11-12H2,1H3. The molecule has 0 aliphatic rings. The summed E-state index contributed by atoms with van der Waals surface area (Å²) in [5, 5.41) is 9.22. The van der Waals surface area contributed by atoms with Gasteiger partial charge in [-0.25, -0.2) is 0 Å². The lowest BCUT2D eigenvalue weighted by molar-refractivity contribution is 0.305. The van der Waals surface area contributed by atoms with E-state index in [1.165, 1.54) is 0 Å². The molecule has 0 aliphatic heterocycles. The van der Waals surface area contributed by atoms with Crippen LogP contribution in [0.2, 0.25) is 0 Å². The van der Waals surface area contributed by atoms with Gasteiger partial charge in [0.1, 0.15) is 11.5 Å². The summed E-state index contributed by atoms with van der Waals surface area (Å²) in [6.45, 7) is 0.513. The van der Waals surface area contributed by atoms with E-state index in [0.29, 0.717) is 13.0 Å². The highest BCUT2D eigenvalue weighted by Gasteiger charge is 2.10. The van der Waals surface area contributed by atoms with Crippen molar-refractivity contribution in [1.29, 1.82) is 5.26 Å². The molecular formula is C17H17NO2. The van der Waals surface area contributed by atoms with Crippen molar-refractivity contribution in [2.24, 2.45) is 0 Å². The first-order valence-corrected chi connectivity index (χ1v) is 6.55. The molecule has 0 amide bonds. The number of hydrogen-bond acceptors (Lipinski definition) is 3. The molecule has 102 valence electrons. The van der Waals surface area contributed by atoms with Gasteiger partial charge < -0.3 is 9.47 Å². The minimum atomic E-state index is -0.130. The van der Waals surface area contributed by atoms with Crippen LogP contribution in [0.5, 0.6) is 11.5 Å². The van der Waals surface area contributed by atoms with E-state index in [2.05, 4.69) is 6.07 Å². The summed E-state index contributed by atoms with van der Waals surface area (Å²) in [6, 6.07) is 19.6. The summed E-state index contributed by atoms with van der Waals surface area (Å²) < 4.78 is 10.7. The third-order valence-electron chi connectivity index (χ3n) is 3.09. The fraction of sp³-hybridized carbons (Fsp3) is 0.235. The summed E-state index contributed by atoms with van der Waals surface area (Å²) in [5.41, 5.74) is 1.04. The Kier molecular flexibility index (Phi) is 5.02. The van der Waals surface area contributed by atoms with Crippen LogP contribution in [0.1, 0.15) is 17.9 Å². The van der Waals surface area contributed by atoms with Crippen molar-refractivity contribution >= 4 is 0 Å². The van der Waals surface area contributed by atoms with Crippen LogP contribution in [0.4, 0.5) is 0 Å². The average molecular weight is 267 g/mol. The third-order valence-corrected chi connectivity index (χ3v) is 3.09. The van der Waals surface area contributed by atoms with Gasteiger partial charge in [-0.1, -0.05) is 30.3 Å². The highest BCUT2D eigenvalue weighted by atomic mass is 16.5. The van der Waals surface area contributed by atoms with Crippen LogP contribution in [0.15, 0.2) is 54.6 Å². The molecule has 2 rings (SSSR count). The van der Waals surface area contributed by atoms with Crippen LogP contribution in [0.25, 0.3) is 0 Å². The first kappa shape index (κ1) is 14.0. The Balaban J connectivity index is 1.86. The zero-order valence-corrected chi connectivity index (χ0v) is 11.5. The highest BCUT2D eigenvalue weighted by Crippen LogP contribution is 2.21. The molecule has 0 heterocycles. The summed E-state index contributed by atoms with van der Waals surface area (Å²) in [4.78, 5) is 0. The lowest BCUT2D eigenvalue weighted by Crippen LogP contribution is -2.04. The van der Waals surface area contributed by atoms with Crippen molar-refractivity contribution < 1.29 is 9.47 Å².